The molecule has 3 N–H and O–H groups in total. The molecule has 0 aliphatic heterocycles. The number of fused-ring (bicyclic) bond motifs is 2. The molecule has 29 heavy (non-hydrogen) atoms. The molecule has 1 aliphatic rings. The number of ketones is 2. The lowest BCUT2D eigenvalue weighted by Crippen LogP contribution is -2.25. The molecule has 0 bridgehead atoms. The van der Waals surface area contributed by atoms with Crippen LogP contribution in [0.4, 0.5) is 0 Å². The molecular formula is C20H24Cl2N2O5. The predicted molar refractivity (Wildman–Crippen MR) is 115 cm³/mol. The number of carbonyl (C=O) groups excluding carboxylic acids is 2. The summed E-state index contributed by atoms with van der Waals surface area (Å²) >= 11 is 0. The number of benzene rings is 2. The lowest BCUT2D eigenvalue weighted by atomic mass is 9.82. The van der Waals surface area contributed by atoms with Gasteiger partial charge in [-0.25, -0.2) is 0 Å². The molecule has 2 aromatic carbocycles. The molecule has 0 amide bonds. The zero-order valence-corrected chi connectivity index (χ0v) is 18.0. The first-order chi connectivity index (χ1) is 13.0. The van der Waals surface area contributed by atoms with Gasteiger partial charge < -0.3 is 25.3 Å². The topological polar surface area (TPSA) is 99.9 Å². The predicted octanol–water partition coefficient (Wildman–Crippen LogP) is 2.38. The van der Waals surface area contributed by atoms with Crippen LogP contribution in [0.2, 0.25) is 0 Å². The number of ether oxygens (including phenoxy) is 3. The summed E-state index contributed by atoms with van der Waals surface area (Å²) < 4.78 is 16.0. The number of hydrogen-bond donors (Lipinski definition) is 2. The van der Waals surface area contributed by atoms with Crippen LogP contribution in [0.25, 0.3) is 0 Å². The van der Waals surface area contributed by atoms with Crippen molar-refractivity contribution >= 4 is 36.4 Å². The Morgan fingerprint density at radius 2 is 1.41 bits per heavy atom. The minimum absolute atomic E-state index is 0. The van der Waals surface area contributed by atoms with Crippen molar-refractivity contribution in [3.05, 3.63) is 52.1 Å². The molecule has 2 aromatic rings. The summed E-state index contributed by atoms with van der Waals surface area (Å²) in [4.78, 5) is 26.4. The van der Waals surface area contributed by atoms with Crippen LogP contribution < -0.4 is 25.3 Å². The fourth-order valence-corrected chi connectivity index (χ4v) is 3.24. The first-order valence-electron chi connectivity index (χ1n) is 8.52. The van der Waals surface area contributed by atoms with Crippen LogP contribution in [0.3, 0.4) is 0 Å². The Kier molecular flexibility index (Phi) is 8.91. The van der Waals surface area contributed by atoms with Crippen LogP contribution in [0.15, 0.2) is 24.3 Å². The SMILES string of the molecule is COc1cc(OC)c2c(c1)C(=O)c1cc(CNCCN)cc(OC)c1C2=O.Cl.Cl. The Labute approximate surface area is 181 Å². The fraction of sp³-hybridized carbons (Fsp3) is 0.300. The van der Waals surface area contributed by atoms with Gasteiger partial charge in [0.2, 0.25) is 5.78 Å². The van der Waals surface area contributed by atoms with Crippen molar-refractivity contribution in [2.24, 2.45) is 5.73 Å². The van der Waals surface area contributed by atoms with Gasteiger partial charge in [-0.1, -0.05) is 0 Å². The normalized spacial score (nSPS) is 11.6. The van der Waals surface area contributed by atoms with Gasteiger partial charge in [-0.3, -0.25) is 9.59 Å². The zero-order chi connectivity index (χ0) is 19.6. The molecule has 0 spiro atoms. The second-order valence-electron chi connectivity index (χ2n) is 6.10. The van der Waals surface area contributed by atoms with Crippen molar-refractivity contribution in [1.29, 1.82) is 0 Å². The molecular weight excluding hydrogens is 419 g/mol. The Hall–Kier alpha value is -2.32. The molecule has 0 fully saturated rings. The molecule has 0 saturated carbocycles. The molecule has 9 heteroatoms. The number of nitrogens with one attached hydrogen (secondary N) is 1. The average molecular weight is 443 g/mol. The van der Waals surface area contributed by atoms with E-state index in [4.69, 9.17) is 19.9 Å². The first kappa shape index (κ1) is 24.7. The quantitative estimate of drug-likeness (QED) is 0.541. The van der Waals surface area contributed by atoms with E-state index in [0.717, 1.165) is 5.56 Å². The minimum atomic E-state index is -0.308. The second-order valence-corrected chi connectivity index (χ2v) is 6.10. The molecule has 1 aliphatic carbocycles. The smallest absolute Gasteiger partial charge is 0.201 e. The number of carbonyl (C=O) groups is 2. The van der Waals surface area contributed by atoms with E-state index in [1.165, 1.54) is 21.3 Å². The maximum atomic E-state index is 13.2. The summed E-state index contributed by atoms with van der Waals surface area (Å²) in [6, 6.07) is 6.63. The molecule has 0 radical (unpaired) electrons. The van der Waals surface area contributed by atoms with Gasteiger partial charge >= 0.3 is 0 Å². The number of halogens is 2. The molecule has 0 aromatic heterocycles. The van der Waals surface area contributed by atoms with E-state index < -0.39 is 0 Å². The van der Waals surface area contributed by atoms with E-state index in [9.17, 15) is 9.59 Å². The van der Waals surface area contributed by atoms with Gasteiger partial charge in [0.15, 0.2) is 5.78 Å². The van der Waals surface area contributed by atoms with E-state index in [2.05, 4.69) is 5.32 Å². The van der Waals surface area contributed by atoms with Gasteiger partial charge in [-0.15, -0.1) is 24.8 Å². The van der Waals surface area contributed by atoms with Crippen LogP contribution in [-0.2, 0) is 6.54 Å². The van der Waals surface area contributed by atoms with E-state index in [1.807, 2.05) is 0 Å². The highest BCUT2D eigenvalue weighted by Crippen LogP contribution is 2.40. The van der Waals surface area contributed by atoms with Crippen molar-refractivity contribution in [2.45, 2.75) is 6.54 Å². The first-order valence-corrected chi connectivity index (χ1v) is 8.52. The summed E-state index contributed by atoms with van der Waals surface area (Å²) in [6.45, 7) is 1.66. The van der Waals surface area contributed by atoms with Crippen molar-refractivity contribution in [3.8, 4) is 17.2 Å². The molecule has 0 saturated heterocycles. The van der Waals surface area contributed by atoms with E-state index in [0.29, 0.717) is 42.4 Å². The third-order valence-corrected chi connectivity index (χ3v) is 4.51. The third kappa shape index (κ3) is 4.48. The monoisotopic (exact) mass is 442 g/mol. The minimum Gasteiger partial charge on any atom is -0.497 e. The van der Waals surface area contributed by atoms with Crippen molar-refractivity contribution in [2.75, 3.05) is 34.4 Å². The molecule has 158 valence electrons. The third-order valence-electron chi connectivity index (χ3n) is 4.51. The van der Waals surface area contributed by atoms with Crippen molar-refractivity contribution in [3.63, 3.8) is 0 Å². The molecule has 7 nitrogen and oxygen atoms in total. The highest BCUT2D eigenvalue weighted by atomic mass is 35.5. The van der Waals surface area contributed by atoms with Crippen molar-refractivity contribution < 1.29 is 23.8 Å². The van der Waals surface area contributed by atoms with Crippen LogP contribution in [0.5, 0.6) is 17.2 Å². The van der Waals surface area contributed by atoms with Gasteiger partial charge in [0.25, 0.3) is 0 Å². The lowest BCUT2D eigenvalue weighted by molar-refractivity contribution is 0.0973. The molecule has 0 unspecified atom stereocenters. The maximum absolute atomic E-state index is 13.2. The second kappa shape index (κ2) is 10.5. The highest BCUT2D eigenvalue weighted by Gasteiger charge is 2.36. The fourth-order valence-electron chi connectivity index (χ4n) is 3.24. The Balaban J connectivity index is 0.00000210. The van der Waals surface area contributed by atoms with Gasteiger partial charge in [-0.05, 0) is 23.8 Å². The van der Waals surface area contributed by atoms with Crippen LogP contribution in [0.1, 0.15) is 37.4 Å². The molecule has 0 atom stereocenters. The summed E-state index contributed by atoms with van der Waals surface area (Å²) in [6.07, 6.45) is 0. The number of hydrogen-bond acceptors (Lipinski definition) is 7. The van der Waals surface area contributed by atoms with Gasteiger partial charge in [0.05, 0.1) is 32.5 Å². The van der Waals surface area contributed by atoms with E-state index >= 15 is 0 Å². The number of methoxy groups -OCH3 is 3. The number of nitrogens with two attached hydrogens (primary N) is 1. The van der Waals surface area contributed by atoms with Gasteiger partial charge in [0, 0.05) is 36.8 Å². The summed E-state index contributed by atoms with van der Waals surface area (Å²) in [5.74, 6) is 0.527. The van der Waals surface area contributed by atoms with E-state index in [1.54, 1.807) is 24.3 Å². The van der Waals surface area contributed by atoms with Crippen LogP contribution in [-0.4, -0.2) is 46.0 Å². The number of rotatable bonds is 7. The Morgan fingerprint density at radius 3 is 1.97 bits per heavy atom. The highest BCUT2D eigenvalue weighted by molar-refractivity contribution is 6.30. The maximum Gasteiger partial charge on any atom is 0.201 e. The summed E-state index contributed by atoms with van der Waals surface area (Å²) in [5, 5.41) is 3.17. The van der Waals surface area contributed by atoms with E-state index in [-0.39, 0.29) is 53.1 Å². The van der Waals surface area contributed by atoms with Crippen LogP contribution >= 0.6 is 24.8 Å². The standard InChI is InChI=1S/C20H22N2O5.2ClH/c1-25-12-8-14-18(16(9-12)27-3)20(24)17-13(19(14)23)6-11(7-15(17)26-2)10-22-5-4-21;;/h6-9,22H,4-5,10,21H2,1-3H3;2*1H. The largest absolute Gasteiger partial charge is 0.497 e. The van der Waals surface area contributed by atoms with Gasteiger partial charge in [-0.2, -0.15) is 0 Å². The van der Waals surface area contributed by atoms with Gasteiger partial charge in [0.1, 0.15) is 17.2 Å². The molecule has 3 rings (SSSR count). The van der Waals surface area contributed by atoms with Crippen molar-refractivity contribution in [1.82, 2.24) is 5.32 Å². The van der Waals surface area contributed by atoms with Crippen LogP contribution in [0, 0.1) is 0 Å². The lowest BCUT2D eigenvalue weighted by Gasteiger charge is -2.23. The zero-order valence-electron chi connectivity index (χ0n) is 16.4. The summed E-state index contributed by atoms with van der Waals surface area (Å²) in [5.41, 5.74) is 7.38. The summed E-state index contributed by atoms with van der Waals surface area (Å²) in [7, 11) is 4.42. The average Bonchev–Trinajstić information content (AvgIpc) is 2.70. The Morgan fingerprint density at radius 1 is 0.828 bits per heavy atom. The molecule has 0 heterocycles. The Bertz CT molecular complexity index is 918.